The van der Waals surface area contributed by atoms with Crippen molar-refractivity contribution in [3.8, 4) is 0 Å². The molecule has 0 aliphatic carbocycles. The highest BCUT2D eigenvalue weighted by molar-refractivity contribution is 14.0. The first-order valence-electron chi connectivity index (χ1n) is 8.44. The van der Waals surface area contributed by atoms with Crippen LogP contribution in [0.4, 0.5) is 0 Å². The highest BCUT2D eigenvalue weighted by atomic mass is 127. The minimum atomic E-state index is -3.24. The predicted molar refractivity (Wildman–Crippen MR) is 115 cm³/mol. The lowest BCUT2D eigenvalue weighted by Gasteiger charge is -2.10. The monoisotopic (exact) mass is 491 g/mol. The van der Waals surface area contributed by atoms with Crippen molar-refractivity contribution in [2.45, 2.75) is 24.7 Å². The number of rotatable bonds is 9. The van der Waals surface area contributed by atoms with Gasteiger partial charge >= 0.3 is 0 Å². The van der Waals surface area contributed by atoms with E-state index in [9.17, 15) is 8.42 Å². The summed E-state index contributed by atoms with van der Waals surface area (Å²) in [4.78, 5) is 4.79. The molecule has 0 aliphatic rings. The van der Waals surface area contributed by atoms with Crippen LogP contribution in [0.5, 0.6) is 0 Å². The van der Waals surface area contributed by atoms with Gasteiger partial charge < -0.3 is 15.1 Å². The molecule has 0 saturated heterocycles. The molecule has 0 radical (unpaired) electrons. The smallest absolute Gasteiger partial charge is 0.191 e. The normalized spacial score (nSPS) is 11.7. The number of sulfone groups is 1. The molecule has 0 fully saturated rings. The van der Waals surface area contributed by atoms with Crippen molar-refractivity contribution in [1.29, 1.82) is 0 Å². The van der Waals surface area contributed by atoms with Crippen molar-refractivity contribution in [1.82, 2.24) is 10.6 Å². The van der Waals surface area contributed by atoms with Crippen LogP contribution in [0.25, 0.3) is 0 Å². The zero-order valence-electron chi connectivity index (χ0n) is 14.8. The van der Waals surface area contributed by atoms with E-state index in [4.69, 9.17) is 4.42 Å². The number of furan rings is 1. The molecule has 0 spiro atoms. The largest absolute Gasteiger partial charge is 0.469 e. The zero-order chi connectivity index (χ0) is 18.0. The van der Waals surface area contributed by atoms with Gasteiger partial charge in [0.25, 0.3) is 0 Å². The van der Waals surface area contributed by atoms with Crippen LogP contribution in [0.3, 0.4) is 0 Å². The molecular weight excluding hydrogens is 465 g/mol. The van der Waals surface area contributed by atoms with E-state index in [0.29, 0.717) is 30.4 Å². The maximum atomic E-state index is 12.2. The Morgan fingerprint density at radius 3 is 2.54 bits per heavy atom. The minimum absolute atomic E-state index is 0. The summed E-state index contributed by atoms with van der Waals surface area (Å²) in [6.07, 6.45) is 2.90. The summed E-state index contributed by atoms with van der Waals surface area (Å²) in [5.74, 6) is 1.69. The topological polar surface area (TPSA) is 83.7 Å². The van der Waals surface area contributed by atoms with Gasteiger partial charge in [0, 0.05) is 26.1 Å². The van der Waals surface area contributed by atoms with Crippen molar-refractivity contribution < 1.29 is 12.8 Å². The van der Waals surface area contributed by atoms with Gasteiger partial charge in [0.05, 0.1) is 16.9 Å². The van der Waals surface area contributed by atoms with Crippen LogP contribution in [0.2, 0.25) is 0 Å². The zero-order valence-corrected chi connectivity index (χ0v) is 18.0. The number of aliphatic imine (C=N–C) groups is 1. The SMILES string of the molecule is CCNC(=NCCCS(=O)(=O)c1ccccc1)NCCc1ccco1.I. The molecule has 1 aromatic carbocycles. The van der Waals surface area contributed by atoms with E-state index in [-0.39, 0.29) is 29.7 Å². The van der Waals surface area contributed by atoms with Crippen LogP contribution in [0, 0.1) is 0 Å². The molecule has 0 unspecified atom stereocenters. The lowest BCUT2D eigenvalue weighted by molar-refractivity contribution is 0.507. The van der Waals surface area contributed by atoms with Gasteiger partial charge in [-0.15, -0.1) is 24.0 Å². The van der Waals surface area contributed by atoms with Gasteiger partial charge in [0.15, 0.2) is 15.8 Å². The molecular formula is C18H26IN3O3S. The fourth-order valence-electron chi connectivity index (χ4n) is 2.29. The van der Waals surface area contributed by atoms with Gasteiger partial charge in [-0.1, -0.05) is 18.2 Å². The van der Waals surface area contributed by atoms with Gasteiger partial charge in [-0.25, -0.2) is 8.42 Å². The molecule has 2 aromatic rings. The predicted octanol–water partition coefficient (Wildman–Crippen LogP) is 2.86. The first kappa shape index (κ1) is 22.5. The maximum absolute atomic E-state index is 12.2. The molecule has 144 valence electrons. The molecule has 0 aliphatic heterocycles. The second kappa shape index (κ2) is 11.9. The van der Waals surface area contributed by atoms with E-state index >= 15 is 0 Å². The molecule has 8 heteroatoms. The summed E-state index contributed by atoms with van der Waals surface area (Å²) in [6.45, 7) is 3.88. The van der Waals surface area contributed by atoms with Gasteiger partial charge in [-0.3, -0.25) is 4.99 Å². The number of hydrogen-bond acceptors (Lipinski definition) is 4. The average molecular weight is 491 g/mol. The highest BCUT2D eigenvalue weighted by Crippen LogP contribution is 2.10. The molecule has 0 atom stereocenters. The molecule has 1 aromatic heterocycles. The number of benzene rings is 1. The molecule has 6 nitrogen and oxygen atoms in total. The standard InChI is InChI=1S/C18H25N3O3S.HI/c1-2-19-18(21-13-11-16-8-6-14-24-16)20-12-7-15-25(22,23)17-9-4-3-5-10-17;/h3-6,8-10,14H,2,7,11-13,15H2,1H3,(H2,19,20,21);1H. The van der Waals surface area contributed by atoms with Crippen LogP contribution >= 0.6 is 24.0 Å². The second-order valence-electron chi connectivity index (χ2n) is 5.50. The number of guanidine groups is 1. The maximum Gasteiger partial charge on any atom is 0.191 e. The third-order valence-electron chi connectivity index (χ3n) is 3.53. The van der Waals surface area contributed by atoms with E-state index in [1.807, 2.05) is 19.1 Å². The van der Waals surface area contributed by atoms with Crippen LogP contribution in [0.15, 0.2) is 63.0 Å². The third-order valence-corrected chi connectivity index (χ3v) is 5.35. The van der Waals surface area contributed by atoms with E-state index in [0.717, 1.165) is 18.7 Å². The van der Waals surface area contributed by atoms with Crippen LogP contribution in [0.1, 0.15) is 19.1 Å². The molecule has 2 rings (SSSR count). The van der Waals surface area contributed by atoms with Gasteiger partial charge in [0.2, 0.25) is 0 Å². The Balaban J connectivity index is 0.00000338. The molecule has 0 saturated carbocycles. The molecule has 1 heterocycles. The van der Waals surface area contributed by atoms with Crippen molar-refractivity contribution in [3.63, 3.8) is 0 Å². The number of hydrogen-bond donors (Lipinski definition) is 2. The average Bonchev–Trinajstić information content (AvgIpc) is 3.13. The van der Waals surface area contributed by atoms with Crippen LogP contribution in [-0.2, 0) is 16.3 Å². The fourth-order valence-corrected chi connectivity index (χ4v) is 3.61. The molecule has 0 bridgehead atoms. The Morgan fingerprint density at radius 1 is 1.12 bits per heavy atom. The summed E-state index contributed by atoms with van der Waals surface area (Å²) in [5, 5.41) is 6.37. The van der Waals surface area contributed by atoms with E-state index < -0.39 is 9.84 Å². The molecule has 0 amide bonds. The van der Waals surface area contributed by atoms with E-state index in [1.165, 1.54) is 0 Å². The van der Waals surface area contributed by atoms with E-state index in [1.54, 1.807) is 36.6 Å². The van der Waals surface area contributed by atoms with Crippen LogP contribution in [-0.4, -0.2) is 39.8 Å². The third kappa shape index (κ3) is 7.77. The Kier molecular flexibility index (Phi) is 10.3. The van der Waals surface area contributed by atoms with Crippen molar-refractivity contribution in [2.75, 3.05) is 25.4 Å². The Hall–Kier alpha value is -1.55. The Bertz CT molecular complexity index is 747. The molecule has 2 N–H and O–H groups in total. The van der Waals surface area contributed by atoms with Crippen LogP contribution < -0.4 is 10.6 Å². The molecule has 26 heavy (non-hydrogen) atoms. The first-order valence-corrected chi connectivity index (χ1v) is 10.1. The Morgan fingerprint density at radius 2 is 1.88 bits per heavy atom. The van der Waals surface area contributed by atoms with Crippen molar-refractivity contribution >= 4 is 39.8 Å². The summed E-state index contributed by atoms with van der Waals surface area (Å²) < 4.78 is 29.7. The summed E-state index contributed by atoms with van der Waals surface area (Å²) >= 11 is 0. The number of nitrogens with zero attached hydrogens (tertiary/aromatic N) is 1. The summed E-state index contributed by atoms with van der Waals surface area (Å²) in [6, 6.07) is 12.3. The second-order valence-corrected chi connectivity index (χ2v) is 7.61. The number of nitrogens with one attached hydrogen (secondary N) is 2. The lowest BCUT2D eigenvalue weighted by Crippen LogP contribution is -2.38. The Labute approximate surface area is 172 Å². The van der Waals surface area contributed by atoms with E-state index in [2.05, 4.69) is 15.6 Å². The minimum Gasteiger partial charge on any atom is -0.469 e. The highest BCUT2D eigenvalue weighted by Gasteiger charge is 2.12. The lowest BCUT2D eigenvalue weighted by atomic mass is 10.3. The van der Waals surface area contributed by atoms with Crippen molar-refractivity contribution in [3.05, 3.63) is 54.5 Å². The fraction of sp³-hybridized carbons (Fsp3) is 0.389. The van der Waals surface area contributed by atoms with Gasteiger partial charge in [-0.2, -0.15) is 0 Å². The summed E-state index contributed by atoms with van der Waals surface area (Å²) in [7, 11) is -3.24. The van der Waals surface area contributed by atoms with Gasteiger partial charge in [-0.05, 0) is 37.6 Å². The number of halogens is 1. The quantitative estimate of drug-likeness (QED) is 0.244. The first-order chi connectivity index (χ1) is 12.1. The van der Waals surface area contributed by atoms with Crippen molar-refractivity contribution in [2.24, 2.45) is 4.99 Å². The summed E-state index contributed by atoms with van der Waals surface area (Å²) in [5.41, 5.74) is 0. The van der Waals surface area contributed by atoms with Gasteiger partial charge in [0.1, 0.15) is 5.76 Å².